The highest BCUT2D eigenvalue weighted by Gasteiger charge is 2.36. The normalized spacial score (nSPS) is 18.2. The van der Waals surface area contributed by atoms with E-state index in [1.807, 2.05) is 12.1 Å². The van der Waals surface area contributed by atoms with Crippen LogP contribution < -0.4 is 10.9 Å². The summed E-state index contributed by atoms with van der Waals surface area (Å²) in [5.41, 5.74) is 1.28. The third-order valence-corrected chi connectivity index (χ3v) is 3.59. The monoisotopic (exact) mass is 338 g/mol. The summed E-state index contributed by atoms with van der Waals surface area (Å²) in [6.45, 7) is 1.74. The molecule has 0 aromatic heterocycles. The Balaban J connectivity index is 2.21. The molecule has 1 aromatic carbocycles. The van der Waals surface area contributed by atoms with E-state index in [4.69, 9.17) is 5.84 Å². The number of hydrogen-bond acceptors (Lipinski definition) is 4. The van der Waals surface area contributed by atoms with Gasteiger partial charge in [-0.05, 0) is 25.1 Å². The average molecular weight is 339 g/mol. The number of nitrogens with zero attached hydrogens (tertiary/aromatic N) is 3. The number of rotatable bonds is 3. The molecule has 7 heteroatoms. The van der Waals surface area contributed by atoms with Gasteiger partial charge in [-0.15, -0.1) is 0 Å². The van der Waals surface area contributed by atoms with Crippen LogP contribution in [-0.4, -0.2) is 29.6 Å². The average Bonchev–Trinajstić information content (AvgIpc) is 2.66. The van der Waals surface area contributed by atoms with Crippen molar-refractivity contribution in [1.29, 1.82) is 0 Å². The Morgan fingerprint density at radius 3 is 2.85 bits per heavy atom. The summed E-state index contributed by atoms with van der Waals surface area (Å²) >= 11 is 3.36. The van der Waals surface area contributed by atoms with E-state index in [0.29, 0.717) is 11.4 Å². The highest BCUT2D eigenvalue weighted by atomic mass is 79.9. The van der Waals surface area contributed by atoms with Crippen LogP contribution >= 0.6 is 15.9 Å². The van der Waals surface area contributed by atoms with E-state index in [2.05, 4.69) is 21.0 Å². The van der Waals surface area contributed by atoms with Crippen molar-refractivity contribution in [2.75, 3.05) is 12.1 Å². The maximum Gasteiger partial charge on any atom is 0.256 e. The third-order valence-electron chi connectivity index (χ3n) is 3.09. The number of hydrazine groups is 1. The summed E-state index contributed by atoms with van der Waals surface area (Å²) in [4.78, 5) is 24.0. The Morgan fingerprint density at radius 2 is 2.25 bits per heavy atom. The summed E-state index contributed by atoms with van der Waals surface area (Å²) in [6.07, 6.45) is 0.0334. The molecule has 6 nitrogen and oxygen atoms in total. The maximum atomic E-state index is 12.4. The van der Waals surface area contributed by atoms with Gasteiger partial charge in [-0.25, -0.2) is 10.9 Å². The zero-order chi connectivity index (χ0) is 14.9. The molecule has 1 heterocycles. The van der Waals surface area contributed by atoms with Crippen LogP contribution in [0.1, 0.15) is 13.3 Å². The fourth-order valence-electron chi connectivity index (χ4n) is 1.95. The number of carbonyl (C=O) groups excluding carboxylic acids is 2. The summed E-state index contributed by atoms with van der Waals surface area (Å²) in [6, 6.07) is 7.28. The molecule has 0 radical (unpaired) electrons. The predicted octanol–water partition coefficient (Wildman–Crippen LogP) is 1.51. The van der Waals surface area contributed by atoms with E-state index in [9.17, 15) is 9.59 Å². The standard InChI is InChI=1S/C13H15BrN4O2/c1-8-11(7-12(19)17(2)15)13(20)18(16-8)10-5-3-4-9(14)6-10/h3-6,11H,7,15H2,1-2H3. The van der Waals surface area contributed by atoms with Crippen molar-refractivity contribution in [3.05, 3.63) is 28.7 Å². The Kier molecular flexibility index (Phi) is 4.20. The molecule has 0 aliphatic carbocycles. The SMILES string of the molecule is CC1=NN(c2cccc(Br)c2)C(=O)C1CC(=O)N(C)N. The van der Waals surface area contributed by atoms with Gasteiger partial charge in [0.15, 0.2) is 0 Å². The van der Waals surface area contributed by atoms with Crippen LogP contribution in [0.5, 0.6) is 0 Å². The first-order chi connectivity index (χ1) is 9.40. The highest BCUT2D eigenvalue weighted by Crippen LogP contribution is 2.27. The van der Waals surface area contributed by atoms with Gasteiger partial charge in [0.05, 0.1) is 11.6 Å². The molecule has 1 aliphatic heterocycles. The second kappa shape index (κ2) is 5.72. The number of benzene rings is 1. The second-order valence-corrected chi connectivity index (χ2v) is 5.55. The first-order valence-electron chi connectivity index (χ1n) is 6.06. The van der Waals surface area contributed by atoms with Gasteiger partial charge in [0.2, 0.25) is 5.91 Å². The number of amides is 2. The van der Waals surface area contributed by atoms with Crippen LogP contribution in [0, 0.1) is 5.92 Å². The lowest BCUT2D eigenvalue weighted by Gasteiger charge is -2.16. The lowest BCUT2D eigenvalue weighted by Crippen LogP contribution is -2.37. The van der Waals surface area contributed by atoms with E-state index in [1.165, 1.54) is 12.1 Å². The minimum atomic E-state index is -0.549. The molecule has 2 rings (SSSR count). The number of halogens is 1. The number of anilines is 1. The number of hydrazone groups is 1. The van der Waals surface area contributed by atoms with Crippen LogP contribution in [0.15, 0.2) is 33.8 Å². The first-order valence-corrected chi connectivity index (χ1v) is 6.85. The molecule has 20 heavy (non-hydrogen) atoms. The minimum Gasteiger partial charge on any atom is -0.284 e. The molecule has 0 saturated heterocycles. The zero-order valence-electron chi connectivity index (χ0n) is 11.2. The van der Waals surface area contributed by atoms with Crippen LogP contribution in [0.4, 0.5) is 5.69 Å². The number of nitrogens with two attached hydrogens (primary N) is 1. The van der Waals surface area contributed by atoms with Crippen LogP contribution in [0.25, 0.3) is 0 Å². The molecule has 0 spiro atoms. The van der Waals surface area contributed by atoms with E-state index in [0.717, 1.165) is 9.48 Å². The quantitative estimate of drug-likeness (QED) is 0.515. The second-order valence-electron chi connectivity index (χ2n) is 4.63. The molecule has 1 aromatic rings. The van der Waals surface area contributed by atoms with Crippen molar-refractivity contribution in [3.8, 4) is 0 Å². The molecule has 2 N–H and O–H groups in total. The highest BCUT2D eigenvalue weighted by molar-refractivity contribution is 9.10. The fourth-order valence-corrected chi connectivity index (χ4v) is 2.34. The molecule has 1 aliphatic rings. The molecule has 2 amide bonds. The van der Waals surface area contributed by atoms with E-state index in [-0.39, 0.29) is 18.2 Å². The van der Waals surface area contributed by atoms with Crippen LogP contribution in [0.3, 0.4) is 0 Å². The minimum absolute atomic E-state index is 0.0334. The van der Waals surface area contributed by atoms with E-state index >= 15 is 0 Å². The summed E-state index contributed by atoms with van der Waals surface area (Å²) < 4.78 is 0.858. The first kappa shape index (κ1) is 14.7. The van der Waals surface area contributed by atoms with Crippen molar-refractivity contribution < 1.29 is 9.59 Å². The van der Waals surface area contributed by atoms with Crippen molar-refractivity contribution in [2.24, 2.45) is 16.9 Å². The Labute approximate surface area is 125 Å². The van der Waals surface area contributed by atoms with Gasteiger partial charge in [0.25, 0.3) is 5.91 Å². The van der Waals surface area contributed by atoms with Gasteiger partial charge in [-0.3, -0.25) is 14.6 Å². The lowest BCUT2D eigenvalue weighted by molar-refractivity contribution is -0.133. The summed E-state index contributed by atoms with van der Waals surface area (Å²) in [5.74, 6) is 4.33. The van der Waals surface area contributed by atoms with Crippen molar-refractivity contribution >= 4 is 39.1 Å². The molecule has 1 unspecified atom stereocenters. The van der Waals surface area contributed by atoms with Crippen molar-refractivity contribution in [3.63, 3.8) is 0 Å². The van der Waals surface area contributed by atoms with E-state index < -0.39 is 5.92 Å². The Bertz CT molecular complexity index is 585. The molecule has 0 bridgehead atoms. The van der Waals surface area contributed by atoms with Gasteiger partial charge in [0, 0.05) is 23.7 Å². The number of hydrogen-bond donors (Lipinski definition) is 1. The molecule has 106 valence electrons. The molecule has 0 fully saturated rings. The Hall–Kier alpha value is -1.73. The smallest absolute Gasteiger partial charge is 0.256 e. The van der Waals surface area contributed by atoms with Gasteiger partial charge in [-0.2, -0.15) is 5.10 Å². The lowest BCUT2D eigenvalue weighted by atomic mass is 10.00. The molecule has 1 atom stereocenters. The van der Waals surface area contributed by atoms with Gasteiger partial charge >= 0.3 is 0 Å². The number of carbonyl (C=O) groups is 2. The maximum absolute atomic E-state index is 12.4. The van der Waals surface area contributed by atoms with Crippen LogP contribution in [-0.2, 0) is 9.59 Å². The molecular weight excluding hydrogens is 324 g/mol. The molecular formula is C13H15BrN4O2. The van der Waals surface area contributed by atoms with Gasteiger partial charge in [-0.1, -0.05) is 22.0 Å². The van der Waals surface area contributed by atoms with Crippen LogP contribution in [0.2, 0.25) is 0 Å². The van der Waals surface area contributed by atoms with E-state index in [1.54, 1.807) is 19.1 Å². The molecule has 0 saturated carbocycles. The van der Waals surface area contributed by atoms with Crippen molar-refractivity contribution in [1.82, 2.24) is 5.01 Å². The van der Waals surface area contributed by atoms with Gasteiger partial charge < -0.3 is 0 Å². The predicted molar refractivity (Wildman–Crippen MR) is 79.8 cm³/mol. The largest absolute Gasteiger partial charge is 0.284 e. The summed E-state index contributed by atoms with van der Waals surface area (Å²) in [7, 11) is 1.46. The topological polar surface area (TPSA) is 79.0 Å². The van der Waals surface area contributed by atoms with Crippen molar-refractivity contribution in [2.45, 2.75) is 13.3 Å². The fraction of sp³-hybridized carbons (Fsp3) is 0.308. The third kappa shape index (κ3) is 2.88. The Morgan fingerprint density at radius 1 is 1.55 bits per heavy atom. The summed E-state index contributed by atoms with van der Waals surface area (Å²) in [5, 5.41) is 6.56. The zero-order valence-corrected chi connectivity index (χ0v) is 12.8. The van der Waals surface area contributed by atoms with Gasteiger partial charge in [0.1, 0.15) is 0 Å².